The van der Waals surface area contributed by atoms with Gasteiger partial charge in [-0.15, -0.1) is 0 Å². The summed E-state index contributed by atoms with van der Waals surface area (Å²) in [5.41, 5.74) is -0.290. The summed E-state index contributed by atoms with van der Waals surface area (Å²) < 4.78 is 13.3. The Bertz CT molecular complexity index is 627. The summed E-state index contributed by atoms with van der Waals surface area (Å²) >= 11 is 0.840. The molecular formula is C17H30FN7OS. The highest BCUT2D eigenvalue weighted by Crippen LogP contribution is 2.22. The zero-order chi connectivity index (χ0) is 20.7. The highest BCUT2D eigenvalue weighted by Gasteiger charge is 2.31. The van der Waals surface area contributed by atoms with Crippen molar-refractivity contribution >= 4 is 28.7 Å². The molecule has 0 spiro atoms. The van der Waals surface area contributed by atoms with Crippen LogP contribution in [0.1, 0.15) is 20.3 Å². The van der Waals surface area contributed by atoms with E-state index in [1.807, 2.05) is 35.9 Å². The summed E-state index contributed by atoms with van der Waals surface area (Å²) in [7, 11) is 7.20. The van der Waals surface area contributed by atoms with E-state index in [0.29, 0.717) is 31.3 Å². The molecule has 0 saturated carbocycles. The minimum atomic E-state index is -1.17. The van der Waals surface area contributed by atoms with Crippen LogP contribution in [0.3, 0.4) is 0 Å². The molecule has 1 fully saturated rings. The molecule has 1 saturated heterocycles. The van der Waals surface area contributed by atoms with Crippen LogP contribution in [0.15, 0.2) is 29.3 Å². The molecule has 0 amide bonds. The van der Waals surface area contributed by atoms with Crippen molar-refractivity contribution in [3.63, 3.8) is 0 Å². The minimum Gasteiger partial charge on any atom is -0.373 e. The molecule has 152 valence electrons. The predicted octanol–water partition coefficient (Wildman–Crippen LogP) is 1.86. The highest BCUT2D eigenvalue weighted by molar-refractivity contribution is 8.14. The number of amidine groups is 1. The maximum absolute atomic E-state index is 13.3. The molecule has 0 aromatic rings. The van der Waals surface area contributed by atoms with Gasteiger partial charge in [0, 0.05) is 34.4 Å². The second-order valence-electron chi connectivity index (χ2n) is 5.98. The smallest absolute Gasteiger partial charge is 0.221 e. The predicted molar refractivity (Wildman–Crippen MR) is 110 cm³/mol. The summed E-state index contributed by atoms with van der Waals surface area (Å²) in [6.07, 6.45) is 2.10. The van der Waals surface area contributed by atoms with Gasteiger partial charge in [0.05, 0.1) is 18.8 Å². The lowest BCUT2D eigenvalue weighted by molar-refractivity contribution is -0.126. The van der Waals surface area contributed by atoms with Crippen LogP contribution in [0.4, 0.5) is 4.39 Å². The van der Waals surface area contributed by atoms with Crippen LogP contribution in [-0.2, 0) is 4.79 Å². The largest absolute Gasteiger partial charge is 0.373 e. The van der Waals surface area contributed by atoms with Gasteiger partial charge in [0.25, 0.3) is 0 Å². The van der Waals surface area contributed by atoms with Crippen molar-refractivity contribution in [3.05, 3.63) is 24.3 Å². The second-order valence-corrected chi connectivity index (χ2v) is 7.25. The van der Waals surface area contributed by atoms with Gasteiger partial charge in [-0.1, -0.05) is 25.3 Å². The van der Waals surface area contributed by atoms with Crippen LogP contribution in [0.2, 0.25) is 0 Å². The first-order valence-corrected chi connectivity index (χ1v) is 9.52. The number of ketones is 1. The maximum atomic E-state index is 13.3. The molecule has 1 heterocycles. The molecule has 0 aromatic carbocycles. The number of thioether (sulfide) groups is 1. The lowest BCUT2D eigenvalue weighted by Gasteiger charge is -2.42. The van der Waals surface area contributed by atoms with Gasteiger partial charge >= 0.3 is 0 Å². The molecule has 1 aliphatic rings. The van der Waals surface area contributed by atoms with E-state index < -0.39 is 5.50 Å². The molecule has 0 bridgehead atoms. The molecule has 1 rings (SSSR count). The number of carbonyl (C=O) groups is 1. The Hall–Kier alpha value is -2.23. The second kappa shape index (κ2) is 10.2. The first-order valence-electron chi connectivity index (χ1n) is 8.64. The average molecular weight is 400 g/mol. The lowest BCUT2D eigenvalue weighted by atomic mass is 10.2. The fraction of sp³-hybridized carbons (Fsp3) is 0.588. The number of alkyl halides is 1. The van der Waals surface area contributed by atoms with Gasteiger partial charge in [-0.2, -0.15) is 0 Å². The number of hydrazine groups is 1. The fourth-order valence-corrected chi connectivity index (χ4v) is 3.23. The van der Waals surface area contributed by atoms with Crippen molar-refractivity contribution in [1.82, 2.24) is 25.1 Å². The third kappa shape index (κ3) is 5.62. The van der Waals surface area contributed by atoms with Crippen molar-refractivity contribution in [3.8, 4) is 0 Å². The van der Waals surface area contributed by atoms with E-state index in [-0.39, 0.29) is 11.0 Å². The molecule has 27 heavy (non-hydrogen) atoms. The third-order valence-electron chi connectivity index (χ3n) is 4.11. The van der Waals surface area contributed by atoms with Gasteiger partial charge in [0.15, 0.2) is 11.0 Å². The van der Waals surface area contributed by atoms with Crippen LogP contribution >= 0.6 is 11.8 Å². The number of aliphatic imine (C=N–C) groups is 1. The molecule has 1 aliphatic heterocycles. The fourth-order valence-electron chi connectivity index (χ4n) is 2.68. The number of rotatable bonds is 7. The normalized spacial score (nSPS) is 16.2. The quantitative estimate of drug-likeness (QED) is 0.384. The molecule has 0 aliphatic carbocycles. The summed E-state index contributed by atoms with van der Waals surface area (Å²) in [4.78, 5) is 19.2. The van der Waals surface area contributed by atoms with E-state index in [0.717, 1.165) is 17.5 Å². The van der Waals surface area contributed by atoms with E-state index in [9.17, 15) is 9.18 Å². The first kappa shape index (κ1) is 22.8. The molecule has 8 nitrogen and oxygen atoms in total. The molecular weight excluding hydrogens is 369 g/mol. The number of hydrogen-bond acceptors (Lipinski definition) is 6. The topological polar surface area (TPSA) is 78.3 Å². The average Bonchev–Trinajstić information content (AvgIpc) is 2.59. The van der Waals surface area contributed by atoms with Crippen molar-refractivity contribution in [2.24, 2.45) is 4.99 Å². The number of nitrogens with one attached hydrogen (secondary N) is 2. The molecule has 0 radical (unpaired) electrons. The third-order valence-corrected chi connectivity index (χ3v) is 4.94. The summed E-state index contributed by atoms with van der Waals surface area (Å²) in [5, 5.41) is 15.0. The van der Waals surface area contributed by atoms with Crippen molar-refractivity contribution < 1.29 is 9.18 Å². The van der Waals surface area contributed by atoms with Crippen LogP contribution in [0, 0.1) is 5.41 Å². The molecule has 0 aromatic heterocycles. The Balaban J connectivity index is 3.15. The monoisotopic (exact) mass is 399 g/mol. The minimum absolute atomic E-state index is 0.102. The van der Waals surface area contributed by atoms with E-state index in [4.69, 9.17) is 5.41 Å². The highest BCUT2D eigenvalue weighted by atomic mass is 32.2. The Kier molecular flexibility index (Phi) is 8.61. The molecule has 10 heteroatoms. The first-order chi connectivity index (χ1) is 12.7. The summed E-state index contributed by atoms with van der Waals surface area (Å²) in [6.45, 7) is 7.70. The van der Waals surface area contributed by atoms with Gasteiger partial charge < -0.3 is 15.1 Å². The number of halogens is 1. The number of hydrogen-bond donors (Lipinski definition) is 2. The number of allylic oxidation sites excluding steroid dienone is 1. The molecule has 1 unspecified atom stereocenters. The number of Topliss-reactive ketones (excluding diaryl/α,β-unsaturated/α-hetero) is 1. The maximum Gasteiger partial charge on any atom is 0.221 e. The van der Waals surface area contributed by atoms with Crippen molar-refractivity contribution in [1.29, 1.82) is 5.41 Å². The zero-order valence-electron chi connectivity index (χ0n) is 16.9. The Morgan fingerprint density at radius 1 is 1.44 bits per heavy atom. The zero-order valence-corrected chi connectivity index (χ0v) is 17.7. The SMILES string of the molecule is C=C/N=C(/N1CC(=O)C1)N(C)N(C)/C(CC)=C(\NC)N(C)C(=N)SC(C)F. The summed E-state index contributed by atoms with van der Waals surface area (Å²) in [6, 6.07) is 0. The van der Waals surface area contributed by atoms with Crippen LogP contribution in [0.25, 0.3) is 0 Å². The molecule has 2 N–H and O–H groups in total. The Morgan fingerprint density at radius 3 is 2.44 bits per heavy atom. The lowest BCUT2D eigenvalue weighted by Crippen LogP contribution is -2.58. The Morgan fingerprint density at radius 2 is 2.04 bits per heavy atom. The van der Waals surface area contributed by atoms with Gasteiger partial charge in [-0.25, -0.2) is 9.38 Å². The number of guanidine groups is 1. The van der Waals surface area contributed by atoms with Crippen molar-refractivity contribution in [2.45, 2.75) is 25.8 Å². The van der Waals surface area contributed by atoms with Gasteiger partial charge in [0.1, 0.15) is 11.3 Å². The van der Waals surface area contributed by atoms with Crippen LogP contribution in [-0.4, -0.2) is 83.5 Å². The van der Waals surface area contributed by atoms with E-state index in [2.05, 4.69) is 16.9 Å². The Labute approximate surface area is 165 Å². The van der Waals surface area contributed by atoms with Crippen molar-refractivity contribution in [2.75, 3.05) is 41.3 Å². The number of likely N-dealkylation sites (tertiary alicyclic amines) is 1. The van der Waals surface area contributed by atoms with E-state index in [1.165, 1.54) is 13.1 Å². The summed E-state index contributed by atoms with van der Waals surface area (Å²) in [5.74, 6) is 1.45. The van der Waals surface area contributed by atoms with Gasteiger partial charge in [0.2, 0.25) is 5.96 Å². The van der Waals surface area contributed by atoms with Crippen LogP contribution < -0.4 is 5.32 Å². The van der Waals surface area contributed by atoms with Gasteiger partial charge in [-0.3, -0.25) is 20.2 Å². The van der Waals surface area contributed by atoms with Crippen LogP contribution in [0.5, 0.6) is 0 Å². The van der Waals surface area contributed by atoms with E-state index in [1.54, 1.807) is 19.0 Å². The van der Waals surface area contributed by atoms with Gasteiger partial charge in [-0.05, 0) is 13.3 Å². The number of nitrogens with zero attached hydrogens (tertiary/aromatic N) is 5. The molecule has 1 atom stereocenters. The number of carbonyl (C=O) groups excluding carboxylic acids is 1. The standard InChI is InChI=1S/C17H30FN7OS/c1-8-14(15(20-4)22(5)16(19)27-12(3)18)23(6)24(7)17(21-9-2)25-10-13(26)11-25/h9,12,19-20H,2,8,10-11H2,1,3-7H3/b15-14+,19-16?,21-17+. The van der Waals surface area contributed by atoms with E-state index >= 15 is 0 Å².